The zero-order chi connectivity index (χ0) is 14.8. The topological polar surface area (TPSA) is 73.3 Å². The molecule has 0 amide bonds. The van der Waals surface area contributed by atoms with Crippen LogP contribution in [0.5, 0.6) is 6.01 Å². The molecule has 7 heteroatoms. The lowest BCUT2D eigenvalue weighted by Gasteiger charge is -2.23. The molecule has 7 nitrogen and oxygen atoms in total. The van der Waals surface area contributed by atoms with Crippen molar-refractivity contribution in [2.75, 3.05) is 24.6 Å². The van der Waals surface area contributed by atoms with Crippen LogP contribution in [0.3, 0.4) is 0 Å². The maximum atomic E-state index is 6.07. The van der Waals surface area contributed by atoms with Crippen LogP contribution >= 0.6 is 0 Å². The molecule has 114 valence electrons. The Morgan fingerprint density at radius 1 is 1.18 bits per heavy atom. The Morgan fingerprint density at radius 2 is 2.09 bits per heavy atom. The van der Waals surface area contributed by atoms with E-state index in [1.807, 2.05) is 0 Å². The Balaban J connectivity index is 1.40. The number of rotatable bonds is 3. The standard InChI is InChI=1S/C15H17N5O2/c1-3-18-14(19-4-1)22-12-8-15(21-10-12)2-7-20(11-15)13-9-16-5-6-17-13/h1,3-6,9,12H,2,7-8,10-11H2/t12-,15+/m0/s1. The maximum Gasteiger partial charge on any atom is 0.316 e. The highest BCUT2D eigenvalue weighted by Gasteiger charge is 2.47. The molecule has 22 heavy (non-hydrogen) atoms. The van der Waals surface area contributed by atoms with Crippen molar-refractivity contribution < 1.29 is 9.47 Å². The molecule has 0 unspecified atom stereocenters. The Morgan fingerprint density at radius 3 is 2.91 bits per heavy atom. The highest BCUT2D eigenvalue weighted by molar-refractivity contribution is 5.38. The summed E-state index contributed by atoms with van der Waals surface area (Å²) in [6.07, 6.45) is 10.4. The molecule has 4 heterocycles. The largest absolute Gasteiger partial charge is 0.458 e. The molecule has 0 aromatic carbocycles. The normalized spacial score (nSPS) is 27.5. The van der Waals surface area contributed by atoms with Gasteiger partial charge in [0, 0.05) is 44.3 Å². The molecule has 0 aliphatic carbocycles. The highest BCUT2D eigenvalue weighted by Crippen LogP contribution is 2.37. The van der Waals surface area contributed by atoms with Crippen LogP contribution in [0.15, 0.2) is 37.1 Å². The third-order valence-corrected chi connectivity index (χ3v) is 4.18. The van der Waals surface area contributed by atoms with E-state index < -0.39 is 0 Å². The van der Waals surface area contributed by atoms with Crippen LogP contribution < -0.4 is 9.64 Å². The Kier molecular flexibility index (Phi) is 3.34. The summed E-state index contributed by atoms with van der Waals surface area (Å²) in [4.78, 5) is 18.9. The van der Waals surface area contributed by atoms with Crippen LogP contribution in [-0.2, 0) is 4.74 Å². The number of aromatic nitrogens is 4. The average Bonchev–Trinajstić information content (AvgIpc) is 3.17. The Bertz CT molecular complexity index is 626. The van der Waals surface area contributed by atoms with E-state index in [4.69, 9.17) is 9.47 Å². The van der Waals surface area contributed by atoms with Crippen LogP contribution in [-0.4, -0.2) is 51.3 Å². The lowest BCUT2D eigenvalue weighted by Crippen LogP contribution is -2.33. The summed E-state index contributed by atoms with van der Waals surface area (Å²) in [5.74, 6) is 0.902. The molecular weight excluding hydrogens is 282 g/mol. The van der Waals surface area contributed by atoms with Crippen molar-refractivity contribution in [1.82, 2.24) is 19.9 Å². The summed E-state index contributed by atoms with van der Waals surface area (Å²) in [5, 5.41) is 0. The van der Waals surface area contributed by atoms with E-state index in [0.29, 0.717) is 12.6 Å². The van der Waals surface area contributed by atoms with Crippen LogP contribution in [0.4, 0.5) is 5.82 Å². The monoisotopic (exact) mass is 299 g/mol. The fourth-order valence-electron chi connectivity index (χ4n) is 3.15. The molecule has 4 rings (SSSR count). The molecule has 0 bridgehead atoms. The summed E-state index contributed by atoms with van der Waals surface area (Å²) in [6.45, 7) is 2.32. The van der Waals surface area contributed by atoms with Gasteiger partial charge in [-0.05, 0) is 12.5 Å². The van der Waals surface area contributed by atoms with E-state index in [2.05, 4.69) is 24.8 Å². The van der Waals surface area contributed by atoms with Gasteiger partial charge < -0.3 is 14.4 Å². The fraction of sp³-hybridized carbons (Fsp3) is 0.467. The minimum absolute atomic E-state index is 0.00390. The Labute approximate surface area is 128 Å². The zero-order valence-electron chi connectivity index (χ0n) is 12.1. The molecule has 2 aromatic heterocycles. The predicted molar refractivity (Wildman–Crippen MR) is 78.6 cm³/mol. The van der Waals surface area contributed by atoms with Crippen molar-refractivity contribution in [3.8, 4) is 6.01 Å². The second-order valence-corrected chi connectivity index (χ2v) is 5.70. The number of anilines is 1. The molecule has 2 aromatic rings. The van der Waals surface area contributed by atoms with Crippen molar-refractivity contribution in [1.29, 1.82) is 0 Å². The van der Waals surface area contributed by atoms with Gasteiger partial charge in [-0.2, -0.15) is 0 Å². The van der Waals surface area contributed by atoms with Gasteiger partial charge in [0.2, 0.25) is 0 Å². The van der Waals surface area contributed by atoms with Crippen molar-refractivity contribution in [2.45, 2.75) is 24.5 Å². The van der Waals surface area contributed by atoms with Crippen LogP contribution in [0, 0.1) is 0 Å². The fourth-order valence-corrected chi connectivity index (χ4v) is 3.15. The first-order valence-electron chi connectivity index (χ1n) is 7.42. The summed E-state index contributed by atoms with van der Waals surface area (Å²) < 4.78 is 11.9. The molecule has 2 saturated heterocycles. The van der Waals surface area contributed by atoms with E-state index >= 15 is 0 Å². The van der Waals surface area contributed by atoms with Gasteiger partial charge in [-0.3, -0.25) is 4.98 Å². The summed E-state index contributed by atoms with van der Waals surface area (Å²) in [5.41, 5.74) is -0.156. The van der Waals surface area contributed by atoms with Gasteiger partial charge in [0.1, 0.15) is 11.9 Å². The van der Waals surface area contributed by atoms with Gasteiger partial charge in [-0.25, -0.2) is 15.0 Å². The average molecular weight is 299 g/mol. The molecule has 0 radical (unpaired) electrons. The zero-order valence-corrected chi connectivity index (χ0v) is 12.1. The van der Waals surface area contributed by atoms with Gasteiger partial charge >= 0.3 is 6.01 Å². The highest BCUT2D eigenvalue weighted by atomic mass is 16.6. The number of hydrogen-bond donors (Lipinski definition) is 0. The smallest absolute Gasteiger partial charge is 0.316 e. The molecule has 2 aliphatic rings. The second kappa shape index (κ2) is 5.49. The maximum absolute atomic E-state index is 6.07. The molecule has 0 N–H and O–H groups in total. The van der Waals surface area contributed by atoms with Crippen LogP contribution in [0.2, 0.25) is 0 Å². The predicted octanol–water partition coefficient (Wildman–Crippen LogP) is 1.08. The van der Waals surface area contributed by atoms with Crippen molar-refractivity contribution in [3.05, 3.63) is 37.1 Å². The van der Waals surface area contributed by atoms with E-state index in [-0.39, 0.29) is 11.7 Å². The molecule has 2 atom stereocenters. The first-order valence-corrected chi connectivity index (χ1v) is 7.42. The van der Waals surface area contributed by atoms with Crippen molar-refractivity contribution >= 4 is 5.82 Å². The summed E-state index contributed by atoms with van der Waals surface area (Å²) in [6, 6.07) is 2.19. The van der Waals surface area contributed by atoms with E-state index in [0.717, 1.165) is 31.7 Å². The lowest BCUT2D eigenvalue weighted by molar-refractivity contribution is 0.0192. The van der Waals surface area contributed by atoms with Gasteiger partial charge in [0.15, 0.2) is 0 Å². The van der Waals surface area contributed by atoms with E-state index in [1.54, 1.807) is 37.1 Å². The molecular formula is C15H17N5O2. The number of hydrogen-bond acceptors (Lipinski definition) is 7. The number of ether oxygens (including phenoxy) is 2. The third-order valence-electron chi connectivity index (χ3n) is 4.18. The van der Waals surface area contributed by atoms with Gasteiger partial charge in [-0.1, -0.05) is 0 Å². The molecule has 0 saturated carbocycles. The number of nitrogens with zero attached hydrogens (tertiary/aromatic N) is 5. The Hall–Kier alpha value is -2.28. The van der Waals surface area contributed by atoms with E-state index in [9.17, 15) is 0 Å². The summed E-state index contributed by atoms with van der Waals surface area (Å²) >= 11 is 0. The van der Waals surface area contributed by atoms with E-state index in [1.165, 1.54) is 0 Å². The third kappa shape index (κ3) is 2.59. The van der Waals surface area contributed by atoms with Gasteiger partial charge in [0.05, 0.1) is 18.4 Å². The van der Waals surface area contributed by atoms with Crippen molar-refractivity contribution in [3.63, 3.8) is 0 Å². The second-order valence-electron chi connectivity index (χ2n) is 5.70. The SMILES string of the molecule is c1cnc(O[C@@H]2CO[C@]3(CCN(c4cnccn4)C3)C2)nc1. The minimum Gasteiger partial charge on any atom is -0.458 e. The first kappa shape index (κ1) is 13.4. The van der Waals surface area contributed by atoms with Crippen LogP contribution in [0.1, 0.15) is 12.8 Å². The first-order chi connectivity index (χ1) is 10.8. The molecule has 1 spiro atoms. The minimum atomic E-state index is -0.156. The molecule has 2 fully saturated rings. The summed E-state index contributed by atoms with van der Waals surface area (Å²) in [7, 11) is 0. The van der Waals surface area contributed by atoms with Crippen LogP contribution in [0.25, 0.3) is 0 Å². The van der Waals surface area contributed by atoms with Gasteiger partial charge in [0.25, 0.3) is 0 Å². The molecule has 2 aliphatic heterocycles. The lowest BCUT2D eigenvalue weighted by atomic mass is 9.98. The van der Waals surface area contributed by atoms with Gasteiger partial charge in [-0.15, -0.1) is 0 Å². The quantitative estimate of drug-likeness (QED) is 0.839. The van der Waals surface area contributed by atoms with Crippen molar-refractivity contribution in [2.24, 2.45) is 0 Å².